The molecular weight excluding hydrogens is 332 g/mol. The first-order chi connectivity index (χ1) is 11.4. The van der Waals surface area contributed by atoms with Gasteiger partial charge in [-0.25, -0.2) is 8.42 Å². The van der Waals surface area contributed by atoms with Crippen molar-refractivity contribution in [3.8, 4) is 0 Å². The second-order valence-electron chi connectivity index (χ2n) is 4.94. The number of carbonyl (C=O) groups is 1. The standard InChI is InChI=1S/C16H18N2O5S/c1-18(23-2)24(21,22)15-8-4-6-13(10-15)16(20)17-14-7-3-5-12(9-14)11-19/h3-10,19H,11H2,1-2H3,(H,17,20). The lowest BCUT2D eigenvalue weighted by atomic mass is 10.2. The number of nitrogens with zero attached hydrogens (tertiary/aromatic N) is 1. The summed E-state index contributed by atoms with van der Waals surface area (Å²) < 4.78 is 25.2. The van der Waals surface area contributed by atoms with Gasteiger partial charge >= 0.3 is 0 Å². The second kappa shape index (κ2) is 7.54. The van der Waals surface area contributed by atoms with Gasteiger partial charge in [0.15, 0.2) is 0 Å². The Bertz CT molecular complexity index is 836. The number of anilines is 1. The quantitative estimate of drug-likeness (QED) is 0.772. The SMILES string of the molecule is CON(C)S(=O)(=O)c1cccc(C(=O)Nc2cccc(CO)c2)c1. The van der Waals surface area contributed by atoms with E-state index in [1.165, 1.54) is 38.4 Å². The summed E-state index contributed by atoms with van der Waals surface area (Å²) in [7, 11) is -1.33. The third-order valence-corrected chi connectivity index (χ3v) is 5.03. The molecule has 0 fully saturated rings. The predicted molar refractivity (Wildman–Crippen MR) is 88.7 cm³/mol. The van der Waals surface area contributed by atoms with Crippen molar-refractivity contribution in [2.24, 2.45) is 0 Å². The number of hydrogen-bond acceptors (Lipinski definition) is 5. The van der Waals surface area contributed by atoms with E-state index in [0.717, 1.165) is 4.47 Å². The Morgan fingerprint density at radius 3 is 2.58 bits per heavy atom. The van der Waals surface area contributed by atoms with Crippen LogP contribution < -0.4 is 5.32 Å². The van der Waals surface area contributed by atoms with Crippen LogP contribution in [0.1, 0.15) is 15.9 Å². The molecule has 0 bridgehead atoms. The number of amides is 1. The number of hydroxylamine groups is 1. The number of carbonyl (C=O) groups excluding carboxylic acids is 1. The van der Waals surface area contributed by atoms with E-state index in [4.69, 9.17) is 9.94 Å². The molecule has 0 heterocycles. The third kappa shape index (κ3) is 3.98. The molecular formula is C16H18N2O5S. The van der Waals surface area contributed by atoms with Crippen molar-refractivity contribution >= 4 is 21.6 Å². The fraction of sp³-hybridized carbons (Fsp3) is 0.188. The molecule has 128 valence electrons. The Balaban J connectivity index is 2.26. The first-order valence-corrected chi connectivity index (χ1v) is 8.46. The summed E-state index contributed by atoms with van der Waals surface area (Å²) in [6, 6.07) is 12.4. The molecule has 0 radical (unpaired) electrons. The zero-order valence-electron chi connectivity index (χ0n) is 13.3. The minimum Gasteiger partial charge on any atom is -0.392 e. The van der Waals surface area contributed by atoms with Crippen LogP contribution in [-0.2, 0) is 21.5 Å². The molecule has 0 aliphatic rings. The second-order valence-corrected chi connectivity index (χ2v) is 6.87. The van der Waals surface area contributed by atoms with Gasteiger partial charge in [0.2, 0.25) is 0 Å². The molecule has 8 heteroatoms. The molecule has 1 amide bonds. The monoisotopic (exact) mass is 350 g/mol. The molecule has 0 atom stereocenters. The highest BCUT2D eigenvalue weighted by molar-refractivity contribution is 7.89. The van der Waals surface area contributed by atoms with Crippen LogP contribution in [0.4, 0.5) is 5.69 Å². The lowest BCUT2D eigenvalue weighted by Crippen LogP contribution is -2.26. The largest absolute Gasteiger partial charge is 0.392 e. The summed E-state index contributed by atoms with van der Waals surface area (Å²) in [5, 5.41) is 11.8. The zero-order valence-corrected chi connectivity index (χ0v) is 14.1. The van der Waals surface area contributed by atoms with Gasteiger partial charge in [-0.2, -0.15) is 0 Å². The highest BCUT2D eigenvalue weighted by atomic mass is 32.2. The van der Waals surface area contributed by atoms with Crippen molar-refractivity contribution in [3.05, 3.63) is 59.7 Å². The van der Waals surface area contributed by atoms with E-state index in [9.17, 15) is 13.2 Å². The van der Waals surface area contributed by atoms with Gasteiger partial charge in [-0.3, -0.25) is 9.63 Å². The third-order valence-electron chi connectivity index (χ3n) is 3.36. The predicted octanol–water partition coefficient (Wildman–Crippen LogP) is 1.61. The Labute approximate surface area is 140 Å². The molecule has 0 saturated carbocycles. The van der Waals surface area contributed by atoms with E-state index in [2.05, 4.69) is 5.32 Å². The number of nitrogens with one attached hydrogen (secondary N) is 1. The summed E-state index contributed by atoms with van der Waals surface area (Å²) in [4.78, 5) is 17.0. The Morgan fingerprint density at radius 2 is 1.92 bits per heavy atom. The van der Waals surface area contributed by atoms with Gasteiger partial charge < -0.3 is 10.4 Å². The summed E-state index contributed by atoms with van der Waals surface area (Å²) in [6.45, 7) is -0.138. The van der Waals surface area contributed by atoms with Crippen LogP contribution >= 0.6 is 0 Å². The van der Waals surface area contributed by atoms with Crippen LogP contribution in [0.15, 0.2) is 53.4 Å². The lowest BCUT2D eigenvalue weighted by Gasteiger charge is -2.14. The van der Waals surface area contributed by atoms with E-state index in [-0.39, 0.29) is 17.1 Å². The Kier molecular flexibility index (Phi) is 5.68. The number of sulfonamides is 1. The van der Waals surface area contributed by atoms with Crippen LogP contribution in [-0.4, -0.2) is 38.1 Å². The van der Waals surface area contributed by atoms with Gasteiger partial charge in [0.1, 0.15) is 0 Å². The highest BCUT2D eigenvalue weighted by Crippen LogP contribution is 2.17. The minimum atomic E-state index is -3.83. The van der Waals surface area contributed by atoms with Gasteiger partial charge in [-0.1, -0.05) is 22.7 Å². The normalized spacial score (nSPS) is 11.5. The number of rotatable bonds is 6. The van der Waals surface area contributed by atoms with Gasteiger partial charge in [-0.15, -0.1) is 0 Å². The maximum Gasteiger partial charge on any atom is 0.264 e. The molecule has 2 N–H and O–H groups in total. The van der Waals surface area contributed by atoms with Gasteiger partial charge in [-0.05, 0) is 35.9 Å². The number of benzene rings is 2. The first-order valence-electron chi connectivity index (χ1n) is 7.02. The fourth-order valence-corrected chi connectivity index (χ4v) is 3.01. The highest BCUT2D eigenvalue weighted by Gasteiger charge is 2.21. The molecule has 2 rings (SSSR count). The summed E-state index contributed by atoms with van der Waals surface area (Å²) >= 11 is 0. The molecule has 0 spiro atoms. The van der Waals surface area contributed by atoms with E-state index in [1.807, 2.05) is 0 Å². The van der Waals surface area contributed by atoms with Gasteiger partial charge in [0, 0.05) is 18.3 Å². The molecule has 0 aliphatic heterocycles. The van der Waals surface area contributed by atoms with E-state index < -0.39 is 15.9 Å². The smallest absolute Gasteiger partial charge is 0.264 e. The van der Waals surface area contributed by atoms with Crippen LogP contribution in [0.5, 0.6) is 0 Å². The molecule has 2 aromatic carbocycles. The van der Waals surface area contributed by atoms with E-state index in [0.29, 0.717) is 11.3 Å². The zero-order chi connectivity index (χ0) is 17.7. The molecule has 0 aliphatic carbocycles. The van der Waals surface area contributed by atoms with Crippen LogP contribution in [0.3, 0.4) is 0 Å². The van der Waals surface area contributed by atoms with Gasteiger partial charge in [0.05, 0.1) is 18.6 Å². The molecule has 7 nitrogen and oxygen atoms in total. The fourth-order valence-electron chi connectivity index (χ4n) is 2.00. The van der Waals surface area contributed by atoms with Crippen LogP contribution in [0.2, 0.25) is 0 Å². The number of aliphatic hydroxyl groups excluding tert-OH is 1. The molecule has 2 aromatic rings. The molecule has 24 heavy (non-hydrogen) atoms. The van der Waals surface area contributed by atoms with Crippen LogP contribution in [0, 0.1) is 0 Å². The first kappa shape index (κ1) is 18.1. The van der Waals surface area contributed by atoms with Crippen molar-refractivity contribution in [2.45, 2.75) is 11.5 Å². The van der Waals surface area contributed by atoms with Crippen molar-refractivity contribution < 1.29 is 23.2 Å². The summed E-state index contributed by atoms with van der Waals surface area (Å²) in [5.41, 5.74) is 1.36. The topological polar surface area (TPSA) is 95.9 Å². The van der Waals surface area contributed by atoms with E-state index in [1.54, 1.807) is 24.3 Å². The van der Waals surface area contributed by atoms with Crippen LogP contribution in [0.25, 0.3) is 0 Å². The van der Waals surface area contributed by atoms with Crippen molar-refractivity contribution in [3.63, 3.8) is 0 Å². The average molecular weight is 350 g/mol. The Morgan fingerprint density at radius 1 is 1.21 bits per heavy atom. The minimum absolute atomic E-state index is 0.0522. The van der Waals surface area contributed by atoms with E-state index >= 15 is 0 Å². The number of hydrogen-bond donors (Lipinski definition) is 2. The molecule has 0 unspecified atom stereocenters. The summed E-state index contributed by atoms with van der Waals surface area (Å²) in [6.07, 6.45) is 0. The number of aliphatic hydroxyl groups is 1. The Hall–Kier alpha value is -2.26. The maximum absolute atomic E-state index is 12.3. The van der Waals surface area contributed by atoms with Gasteiger partial charge in [0.25, 0.3) is 15.9 Å². The van der Waals surface area contributed by atoms with Crippen molar-refractivity contribution in [1.29, 1.82) is 0 Å². The lowest BCUT2D eigenvalue weighted by molar-refractivity contribution is -0.0258. The molecule has 0 aromatic heterocycles. The maximum atomic E-state index is 12.3. The van der Waals surface area contributed by atoms with Crippen molar-refractivity contribution in [1.82, 2.24) is 4.47 Å². The molecule has 0 saturated heterocycles. The summed E-state index contributed by atoms with van der Waals surface area (Å²) in [5.74, 6) is -0.456. The average Bonchev–Trinajstić information content (AvgIpc) is 2.61. The van der Waals surface area contributed by atoms with Crippen molar-refractivity contribution in [2.75, 3.05) is 19.5 Å².